The molecular formula is C15H21N3O. The number of methoxy groups -OCH3 is 1. The molecule has 4 heteroatoms. The van der Waals surface area contributed by atoms with Gasteiger partial charge in [0.25, 0.3) is 0 Å². The van der Waals surface area contributed by atoms with Crippen LogP contribution < -0.4 is 4.74 Å². The number of nitriles is 1. The zero-order chi connectivity index (χ0) is 13.8. The summed E-state index contributed by atoms with van der Waals surface area (Å²) in [4.78, 5) is 4.55. The Morgan fingerprint density at radius 2 is 1.95 bits per heavy atom. The highest BCUT2D eigenvalue weighted by atomic mass is 16.5. The van der Waals surface area contributed by atoms with Crippen molar-refractivity contribution in [2.75, 3.05) is 40.3 Å². The third-order valence-corrected chi connectivity index (χ3v) is 3.76. The zero-order valence-electron chi connectivity index (χ0n) is 11.9. The van der Waals surface area contributed by atoms with Crippen LogP contribution in [-0.4, -0.2) is 50.1 Å². The van der Waals surface area contributed by atoms with Gasteiger partial charge in [-0.25, -0.2) is 0 Å². The maximum Gasteiger partial charge on any atom is 0.123 e. The van der Waals surface area contributed by atoms with E-state index in [1.54, 1.807) is 7.11 Å². The van der Waals surface area contributed by atoms with Crippen molar-refractivity contribution in [2.24, 2.45) is 0 Å². The highest BCUT2D eigenvalue weighted by molar-refractivity contribution is 5.38. The number of ether oxygens (including phenoxy) is 1. The molecule has 0 bridgehead atoms. The highest BCUT2D eigenvalue weighted by Gasteiger charge is 2.23. The Morgan fingerprint density at radius 3 is 2.47 bits per heavy atom. The van der Waals surface area contributed by atoms with Crippen LogP contribution in [0.5, 0.6) is 5.75 Å². The fraction of sp³-hybridized carbons (Fsp3) is 0.533. The van der Waals surface area contributed by atoms with E-state index in [2.05, 4.69) is 29.0 Å². The van der Waals surface area contributed by atoms with Crippen LogP contribution in [0.4, 0.5) is 0 Å². The summed E-state index contributed by atoms with van der Waals surface area (Å²) in [5.74, 6) is 0.874. The number of likely N-dealkylation sites (N-methyl/N-ethyl adjacent to an activating group) is 1. The lowest BCUT2D eigenvalue weighted by molar-refractivity contribution is 0.133. The molecule has 19 heavy (non-hydrogen) atoms. The lowest BCUT2D eigenvalue weighted by Gasteiger charge is -2.35. The van der Waals surface area contributed by atoms with Crippen LogP contribution in [-0.2, 0) is 0 Å². The summed E-state index contributed by atoms with van der Waals surface area (Å²) in [6.07, 6.45) is 0. The standard InChI is InChI=1S/C15H21N3O/c1-12-10-13(4-5-15(12)19-3)14(11-16)18-8-6-17(2)7-9-18/h4-5,10,14H,6-9H2,1-3H3. The van der Waals surface area contributed by atoms with Crippen molar-refractivity contribution in [3.05, 3.63) is 29.3 Å². The summed E-state index contributed by atoms with van der Waals surface area (Å²) in [5, 5.41) is 9.48. The summed E-state index contributed by atoms with van der Waals surface area (Å²) in [6.45, 7) is 5.95. The molecule has 1 aliphatic heterocycles. The van der Waals surface area contributed by atoms with E-state index in [1.807, 2.05) is 19.1 Å². The van der Waals surface area contributed by atoms with Crippen LogP contribution in [0.15, 0.2) is 18.2 Å². The predicted molar refractivity (Wildman–Crippen MR) is 75.2 cm³/mol. The number of hydrogen-bond acceptors (Lipinski definition) is 4. The molecule has 0 radical (unpaired) electrons. The van der Waals surface area contributed by atoms with E-state index in [1.165, 1.54) is 0 Å². The second-order valence-electron chi connectivity index (χ2n) is 5.10. The van der Waals surface area contributed by atoms with E-state index >= 15 is 0 Å². The van der Waals surface area contributed by atoms with Crippen molar-refractivity contribution < 1.29 is 4.74 Å². The van der Waals surface area contributed by atoms with E-state index in [-0.39, 0.29) is 6.04 Å². The van der Waals surface area contributed by atoms with Crippen LogP contribution in [0.3, 0.4) is 0 Å². The molecule has 1 saturated heterocycles. The van der Waals surface area contributed by atoms with Crippen molar-refractivity contribution in [3.8, 4) is 11.8 Å². The van der Waals surface area contributed by atoms with Gasteiger partial charge in [-0.2, -0.15) is 5.26 Å². The SMILES string of the molecule is COc1ccc(C(C#N)N2CCN(C)CC2)cc1C. The molecule has 0 aromatic heterocycles. The third kappa shape index (κ3) is 3.06. The Balaban J connectivity index is 2.18. The van der Waals surface area contributed by atoms with Gasteiger partial charge in [0.05, 0.1) is 13.2 Å². The quantitative estimate of drug-likeness (QED) is 0.830. The van der Waals surface area contributed by atoms with Gasteiger partial charge >= 0.3 is 0 Å². The molecule has 4 nitrogen and oxygen atoms in total. The molecule has 1 aromatic rings. The number of nitrogens with zero attached hydrogens (tertiary/aromatic N) is 3. The molecule has 102 valence electrons. The molecule has 1 heterocycles. The fourth-order valence-corrected chi connectivity index (χ4v) is 2.52. The monoisotopic (exact) mass is 259 g/mol. The first-order valence-electron chi connectivity index (χ1n) is 6.62. The Hall–Kier alpha value is -1.57. The number of rotatable bonds is 3. The Labute approximate surface area is 115 Å². The van der Waals surface area contributed by atoms with E-state index < -0.39 is 0 Å². The zero-order valence-corrected chi connectivity index (χ0v) is 11.9. The minimum atomic E-state index is -0.154. The molecule has 1 fully saturated rings. The normalized spacial score (nSPS) is 18.8. The number of piperazine rings is 1. The van der Waals surface area contributed by atoms with Crippen LogP contribution in [0.1, 0.15) is 17.2 Å². The molecule has 0 saturated carbocycles. The fourth-order valence-electron chi connectivity index (χ4n) is 2.52. The van der Waals surface area contributed by atoms with Gasteiger partial charge < -0.3 is 9.64 Å². The van der Waals surface area contributed by atoms with E-state index in [0.29, 0.717) is 0 Å². The summed E-state index contributed by atoms with van der Waals surface area (Å²) >= 11 is 0. The largest absolute Gasteiger partial charge is 0.496 e. The summed E-state index contributed by atoms with van der Waals surface area (Å²) in [7, 11) is 3.79. The maximum atomic E-state index is 9.48. The van der Waals surface area contributed by atoms with Crippen molar-refractivity contribution >= 4 is 0 Å². The minimum absolute atomic E-state index is 0.154. The van der Waals surface area contributed by atoms with Gasteiger partial charge in [-0.1, -0.05) is 6.07 Å². The van der Waals surface area contributed by atoms with E-state index in [0.717, 1.165) is 43.1 Å². The van der Waals surface area contributed by atoms with Crippen LogP contribution in [0, 0.1) is 18.3 Å². The molecule has 2 rings (SSSR count). The number of hydrogen-bond donors (Lipinski definition) is 0. The first-order chi connectivity index (χ1) is 9.15. The number of aryl methyl sites for hydroxylation is 1. The Bertz CT molecular complexity index is 473. The Kier molecular flexibility index (Phi) is 4.41. The van der Waals surface area contributed by atoms with Gasteiger partial charge in [-0.05, 0) is 37.2 Å². The van der Waals surface area contributed by atoms with Crippen molar-refractivity contribution in [3.63, 3.8) is 0 Å². The minimum Gasteiger partial charge on any atom is -0.496 e. The lowest BCUT2D eigenvalue weighted by atomic mass is 10.0. The first-order valence-corrected chi connectivity index (χ1v) is 6.62. The van der Waals surface area contributed by atoms with Crippen molar-refractivity contribution in [1.29, 1.82) is 5.26 Å². The molecule has 0 amide bonds. The molecule has 0 aliphatic carbocycles. The molecule has 0 N–H and O–H groups in total. The summed E-state index contributed by atoms with van der Waals surface area (Å²) in [5.41, 5.74) is 2.14. The van der Waals surface area contributed by atoms with Crippen LogP contribution in [0.25, 0.3) is 0 Å². The second-order valence-corrected chi connectivity index (χ2v) is 5.10. The average Bonchev–Trinajstić information content (AvgIpc) is 2.42. The molecule has 1 atom stereocenters. The first kappa shape index (κ1) is 13.9. The predicted octanol–water partition coefficient (Wildman–Crippen LogP) is 1.82. The van der Waals surface area contributed by atoms with Gasteiger partial charge in [0.2, 0.25) is 0 Å². The topological polar surface area (TPSA) is 39.5 Å². The van der Waals surface area contributed by atoms with Gasteiger partial charge in [-0.15, -0.1) is 0 Å². The molecule has 1 aromatic carbocycles. The highest BCUT2D eigenvalue weighted by Crippen LogP contribution is 2.26. The van der Waals surface area contributed by atoms with Crippen molar-refractivity contribution in [1.82, 2.24) is 9.80 Å². The molecule has 0 spiro atoms. The maximum absolute atomic E-state index is 9.48. The van der Waals surface area contributed by atoms with Crippen molar-refractivity contribution in [2.45, 2.75) is 13.0 Å². The van der Waals surface area contributed by atoms with Crippen LogP contribution >= 0.6 is 0 Å². The lowest BCUT2D eigenvalue weighted by Crippen LogP contribution is -2.45. The smallest absolute Gasteiger partial charge is 0.123 e. The average molecular weight is 259 g/mol. The Morgan fingerprint density at radius 1 is 1.26 bits per heavy atom. The van der Waals surface area contributed by atoms with E-state index in [9.17, 15) is 5.26 Å². The van der Waals surface area contributed by atoms with Gasteiger partial charge in [-0.3, -0.25) is 4.90 Å². The molecular weight excluding hydrogens is 238 g/mol. The van der Waals surface area contributed by atoms with Gasteiger partial charge in [0, 0.05) is 26.2 Å². The second kappa shape index (κ2) is 6.05. The summed E-state index contributed by atoms with van der Waals surface area (Å²) < 4.78 is 5.27. The molecule has 1 unspecified atom stereocenters. The van der Waals surface area contributed by atoms with E-state index in [4.69, 9.17) is 4.74 Å². The van der Waals surface area contributed by atoms with Crippen LogP contribution in [0.2, 0.25) is 0 Å². The molecule has 1 aliphatic rings. The van der Waals surface area contributed by atoms with Gasteiger partial charge in [0.1, 0.15) is 11.8 Å². The third-order valence-electron chi connectivity index (χ3n) is 3.76. The summed E-state index contributed by atoms with van der Waals surface area (Å²) in [6, 6.07) is 8.29. The van der Waals surface area contributed by atoms with Gasteiger partial charge in [0.15, 0.2) is 0 Å². The number of benzene rings is 1.